The van der Waals surface area contributed by atoms with Crippen molar-refractivity contribution in [2.24, 2.45) is 0 Å². The van der Waals surface area contributed by atoms with Crippen LogP contribution in [0, 0.1) is 6.92 Å². The highest BCUT2D eigenvalue weighted by atomic mass is 16.5. The Labute approximate surface area is 218 Å². The van der Waals surface area contributed by atoms with Crippen molar-refractivity contribution in [1.29, 1.82) is 0 Å². The summed E-state index contributed by atoms with van der Waals surface area (Å²) in [5.74, 6) is 2.20. The Morgan fingerprint density at radius 2 is 1.97 bits per heavy atom. The van der Waals surface area contributed by atoms with E-state index in [0.29, 0.717) is 31.1 Å². The number of likely N-dealkylation sites (tertiary alicyclic amines) is 1. The van der Waals surface area contributed by atoms with Gasteiger partial charge >= 0.3 is 6.03 Å². The molecule has 1 spiro atoms. The SMILES string of the molecule is CCN1C(=O)N2Cc3cc(OC)cc(OC)c3[C@@H](C)C=C2C12CCN(CC(=O)Nc1ccoc1C)CC2. The Morgan fingerprint density at radius 1 is 1.22 bits per heavy atom. The summed E-state index contributed by atoms with van der Waals surface area (Å²) in [5.41, 5.74) is 3.53. The highest BCUT2D eigenvalue weighted by Crippen LogP contribution is 2.48. The number of hydrogen-bond donors (Lipinski definition) is 1. The maximum Gasteiger partial charge on any atom is 0.325 e. The molecule has 1 aromatic heterocycles. The van der Waals surface area contributed by atoms with Crippen molar-refractivity contribution in [3.05, 3.63) is 53.1 Å². The van der Waals surface area contributed by atoms with Gasteiger partial charge in [-0.15, -0.1) is 0 Å². The minimum absolute atomic E-state index is 0.0391. The van der Waals surface area contributed by atoms with Crippen LogP contribution in [0.5, 0.6) is 11.5 Å². The number of fused-ring (bicyclic) bond motifs is 3. The van der Waals surface area contributed by atoms with E-state index in [0.717, 1.165) is 54.3 Å². The maximum atomic E-state index is 13.8. The number of nitrogens with zero attached hydrogens (tertiary/aromatic N) is 3. The average Bonchev–Trinajstić information content (AvgIpc) is 3.32. The number of piperidine rings is 1. The first-order chi connectivity index (χ1) is 17.8. The average molecular weight is 509 g/mol. The lowest BCUT2D eigenvalue weighted by Crippen LogP contribution is -2.54. The number of carbonyl (C=O) groups is 2. The molecule has 4 heterocycles. The van der Waals surface area contributed by atoms with E-state index < -0.39 is 0 Å². The molecule has 0 radical (unpaired) electrons. The van der Waals surface area contributed by atoms with Crippen LogP contribution < -0.4 is 14.8 Å². The van der Waals surface area contributed by atoms with Crippen LogP contribution in [0.15, 0.2) is 40.7 Å². The summed E-state index contributed by atoms with van der Waals surface area (Å²) in [6, 6.07) is 5.73. The van der Waals surface area contributed by atoms with Crippen molar-refractivity contribution in [1.82, 2.24) is 14.7 Å². The van der Waals surface area contributed by atoms with Crippen LogP contribution in [0.3, 0.4) is 0 Å². The number of carbonyl (C=O) groups excluding carboxylic acids is 2. The van der Waals surface area contributed by atoms with Crippen LogP contribution in [0.25, 0.3) is 0 Å². The number of urea groups is 1. The molecule has 3 amide bonds. The van der Waals surface area contributed by atoms with Crippen LogP contribution in [-0.4, -0.2) is 72.6 Å². The summed E-state index contributed by atoms with van der Waals surface area (Å²) in [7, 11) is 3.32. The van der Waals surface area contributed by atoms with Crippen molar-refractivity contribution >= 4 is 17.6 Å². The lowest BCUT2D eigenvalue weighted by atomic mass is 9.82. The van der Waals surface area contributed by atoms with Crippen molar-refractivity contribution in [3.63, 3.8) is 0 Å². The fraction of sp³-hybridized carbons (Fsp3) is 0.500. The molecule has 0 aliphatic carbocycles. The van der Waals surface area contributed by atoms with Gasteiger partial charge < -0.3 is 24.1 Å². The molecule has 198 valence electrons. The third kappa shape index (κ3) is 4.25. The molecule has 2 aromatic rings. The third-order valence-corrected chi connectivity index (χ3v) is 8.09. The molecule has 1 atom stereocenters. The fourth-order valence-electron chi connectivity index (χ4n) is 6.25. The molecule has 3 aliphatic rings. The van der Waals surface area contributed by atoms with Gasteiger partial charge in [0.05, 0.1) is 44.8 Å². The normalized spacial score (nSPS) is 20.8. The summed E-state index contributed by atoms with van der Waals surface area (Å²) < 4.78 is 16.5. The molecular weight excluding hydrogens is 472 g/mol. The molecule has 37 heavy (non-hydrogen) atoms. The van der Waals surface area contributed by atoms with Gasteiger partial charge in [0.15, 0.2) is 0 Å². The Morgan fingerprint density at radius 3 is 2.59 bits per heavy atom. The molecule has 9 heteroatoms. The molecule has 3 aliphatic heterocycles. The molecule has 2 saturated heterocycles. The highest BCUT2D eigenvalue weighted by Gasteiger charge is 2.54. The number of benzene rings is 1. The van der Waals surface area contributed by atoms with Crippen LogP contribution in [0.2, 0.25) is 0 Å². The van der Waals surface area contributed by atoms with Crippen molar-refractivity contribution < 1.29 is 23.5 Å². The summed E-state index contributed by atoms with van der Waals surface area (Å²) in [4.78, 5) is 32.6. The number of nitrogens with one attached hydrogen (secondary N) is 1. The van der Waals surface area contributed by atoms with E-state index in [9.17, 15) is 9.59 Å². The van der Waals surface area contributed by atoms with Gasteiger partial charge in [0.2, 0.25) is 5.91 Å². The van der Waals surface area contributed by atoms with Gasteiger partial charge in [0, 0.05) is 48.9 Å². The van der Waals surface area contributed by atoms with Crippen molar-refractivity contribution in [2.45, 2.75) is 51.6 Å². The molecule has 1 aromatic carbocycles. The first kappa shape index (κ1) is 25.2. The number of rotatable bonds is 6. The monoisotopic (exact) mass is 508 g/mol. The predicted octanol–water partition coefficient (Wildman–Crippen LogP) is 4.34. The Balaban J connectivity index is 1.39. The minimum Gasteiger partial charge on any atom is -0.497 e. The van der Waals surface area contributed by atoms with Gasteiger partial charge in [0.25, 0.3) is 0 Å². The number of amides is 3. The minimum atomic E-state index is -0.381. The number of hydrogen-bond acceptors (Lipinski definition) is 6. The summed E-state index contributed by atoms with van der Waals surface area (Å²) in [6.07, 6.45) is 5.37. The van der Waals surface area contributed by atoms with Gasteiger partial charge in [-0.25, -0.2) is 4.79 Å². The Hall–Kier alpha value is -3.46. The molecule has 9 nitrogen and oxygen atoms in total. The zero-order chi connectivity index (χ0) is 26.3. The maximum absolute atomic E-state index is 13.8. The number of methoxy groups -OCH3 is 2. The van der Waals surface area contributed by atoms with Gasteiger partial charge in [-0.2, -0.15) is 0 Å². The first-order valence-corrected chi connectivity index (χ1v) is 12.9. The van der Waals surface area contributed by atoms with E-state index in [1.54, 1.807) is 26.5 Å². The second-order valence-electron chi connectivity index (χ2n) is 10.1. The third-order valence-electron chi connectivity index (χ3n) is 8.09. The van der Waals surface area contributed by atoms with Crippen molar-refractivity contribution in [3.8, 4) is 11.5 Å². The number of furan rings is 1. The zero-order valence-corrected chi connectivity index (χ0v) is 22.3. The molecular formula is C28H36N4O5. The summed E-state index contributed by atoms with van der Waals surface area (Å²) in [5, 5.41) is 2.93. The lowest BCUT2D eigenvalue weighted by Gasteiger charge is -2.44. The van der Waals surface area contributed by atoms with E-state index in [1.165, 1.54) is 0 Å². The molecule has 0 unspecified atom stereocenters. The number of likely N-dealkylation sites (N-methyl/N-ethyl adjacent to an activating group) is 1. The number of aryl methyl sites for hydroxylation is 1. The van der Waals surface area contributed by atoms with Crippen LogP contribution in [0.1, 0.15) is 49.5 Å². The van der Waals surface area contributed by atoms with Crippen LogP contribution in [0.4, 0.5) is 10.5 Å². The second kappa shape index (κ2) is 9.78. The number of allylic oxidation sites excluding steroid dienone is 1. The van der Waals surface area contributed by atoms with E-state index in [2.05, 4.69) is 23.2 Å². The van der Waals surface area contributed by atoms with E-state index >= 15 is 0 Å². The highest BCUT2D eigenvalue weighted by molar-refractivity contribution is 5.92. The van der Waals surface area contributed by atoms with Gasteiger partial charge in [-0.05, 0) is 38.3 Å². The van der Waals surface area contributed by atoms with Gasteiger partial charge in [0.1, 0.15) is 17.3 Å². The van der Waals surface area contributed by atoms with E-state index in [1.807, 2.05) is 35.8 Å². The summed E-state index contributed by atoms with van der Waals surface area (Å²) >= 11 is 0. The van der Waals surface area contributed by atoms with Crippen LogP contribution in [-0.2, 0) is 11.3 Å². The van der Waals surface area contributed by atoms with Crippen molar-refractivity contribution in [2.75, 3.05) is 45.7 Å². The Kier molecular flexibility index (Phi) is 6.66. The smallest absolute Gasteiger partial charge is 0.325 e. The quantitative estimate of drug-likeness (QED) is 0.625. The summed E-state index contributed by atoms with van der Waals surface area (Å²) in [6.45, 7) is 8.91. The van der Waals surface area contributed by atoms with E-state index in [-0.39, 0.29) is 23.4 Å². The number of anilines is 1. The standard InChI is InChI=1S/C28H36N4O5/c1-6-32-27(34)31-16-20-14-21(35-4)15-23(36-5)26(20)18(2)13-24(31)28(32)8-10-30(11-9-28)17-25(33)29-22-7-12-37-19(22)3/h7,12-15,18H,6,8-11,16-17H2,1-5H3,(H,29,33)/t18-/m0/s1. The zero-order valence-electron chi connectivity index (χ0n) is 22.3. The molecule has 0 saturated carbocycles. The lowest BCUT2D eigenvalue weighted by molar-refractivity contribution is -0.117. The van der Waals surface area contributed by atoms with Gasteiger partial charge in [-0.3, -0.25) is 14.6 Å². The topological polar surface area (TPSA) is 87.5 Å². The number of ether oxygens (including phenoxy) is 2. The molecule has 0 bridgehead atoms. The molecule has 2 fully saturated rings. The largest absolute Gasteiger partial charge is 0.497 e. The first-order valence-electron chi connectivity index (χ1n) is 12.9. The van der Waals surface area contributed by atoms with Crippen LogP contribution >= 0.6 is 0 Å². The molecule has 5 rings (SSSR count). The fourth-order valence-corrected chi connectivity index (χ4v) is 6.25. The molecule has 1 N–H and O–H groups in total. The van der Waals surface area contributed by atoms with E-state index in [4.69, 9.17) is 13.9 Å². The second-order valence-corrected chi connectivity index (χ2v) is 10.1. The predicted molar refractivity (Wildman–Crippen MR) is 140 cm³/mol. The van der Waals surface area contributed by atoms with Gasteiger partial charge in [-0.1, -0.05) is 13.0 Å². The Bertz CT molecular complexity index is 1230.